The van der Waals surface area contributed by atoms with Gasteiger partial charge in [0.05, 0.1) is 20.8 Å². The highest BCUT2D eigenvalue weighted by molar-refractivity contribution is 5.43. The van der Waals surface area contributed by atoms with Gasteiger partial charge in [0.15, 0.2) is 11.5 Å². The monoisotopic (exact) mass is 293 g/mol. The second kappa shape index (κ2) is 6.67. The van der Waals surface area contributed by atoms with Crippen molar-refractivity contribution in [2.24, 2.45) is 5.92 Å². The Morgan fingerprint density at radius 3 is 2.48 bits per heavy atom. The predicted octanol–water partition coefficient (Wildman–Crippen LogP) is 2.39. The van der Waals surface area contributed by atoms with E-state index in [4.69, 9.17) is 9.47 Å². The van der Waals surface area contributed by atoms with Crippen LogP contribution in [0.2, 0.25) is 0 Å². The van der Waals surface area contributed by atoms with Gasteiger partial charge in [-0.2, -0.15) is 0 Å². The van der Waals surface area contributed by atoms with Gasteiger partial charge in [0.1, 0.15) is 0 Å². The van der Waals surface area contributed by atoms with Crippen LogP contribution in [0.25, 0.3) is 0 Å². The van der Waals surface area contributed by atoms with E-state index >= 15 is 0 Å². The van der Waals surface area contributed by atoms with E-state index in [1.54, 1.807) is 14.2 Å². The van der Waals surface area contributed by atoms with E-state index in [1.807, 2.05) is 12.1 Å². The van der Waals surface area contributed by atoms with Crippen molar-refractivity contribution in [3.05, 3.63) is 23.8 Å². The Labute approximate surface area is 127 Å². The van der Waals surface area contributed by atoms with Gasteiger partial charge < -0.3 is 19.9 Å². The summed E-state index contributed by atoms with van der Waals surface area (Å²) in [6.07, 6.45) is 3.32. The van der Waals surface area contributed by atoms with Gasteiger partial charge in [-0.1, -0.05) is 6.07 Å². The molecular formula is C17H27NO3. The van der Waals surface area contributed by atoms with Crippen molar-refractivity contribution >= 4 is 0 Å². The minimum absolute atomic E-state index is 0.157. The van der Waals surface area contributed by atoms with Gasteiger partial charge in [0.25, 0.3) is 0 Å². The van der Waals surface area contributed by atoms with Gasteiger partial charge in [-0.25, -0.2) is 0 Å². The van der Waals surface area contributed by atoms with E-state index in [0.29, 0.717) is 12.0 Å². The van der Waals surface area contributed by atoms with E-state index in [9.17, 15) is 5.11 Å². The third kappa shape index (κ3) is 3.89. The number of hydrogen-bond donors (Lipinski definition) is 2. The molecule has 4 nitrogen and oxygen atoms in total. The fourth-order valence-electron chi connectivity index (χ4n) is 2.99. The van der Waals surface area contributed by atoms with Crippen LogP contribution in [-0.2, 0) is 6.42 Å². The standard InChI is InChI=1S/C17H27NO3/c1-12(18-17(2,11-19)14-6-7-14)9-13-5-8-15(20-3)16(10-13)21-4/h5,8,10,12,14,18-19H,6-7,9,11H2,1-4H3. The summed E-state index contributed by atoms with van der Waals surface area (Å²) in [7, 11) is 3.29. The largest absolute Gasteiger partial charge is 0.493 e. The molecule has 2 N–H and O–H groups in total. The quantitative estimate of drug-likeness (QED) is 0.773. The zero-order chi connectivity index (χ0) is 15.5. The fraction of sp³-hybridized carbons (Fsp3) is 0.647. The zero-order valence-corrected chi connectivity index (χ0v) is 13.5. The lowest BCUT2D eigenvalue weighted by molar-refractivity contribution is 0.143. The number of ether oxygens (including phenoxy) is 2. The van der Waals surface area contributed by atoms with Crippen molar-refractivity contribution in [2.75, 3.05) is 20.8 Å². The first kappa shape index (κ1) is 16.1. The van der Waals surface area contributed by atoms with Gasteiger partial charge in [0.2, 0.25) is 0 Å². The average molecular weight is 293 g/mol. The van der Waals surface area contributed by atoms with Crippen molar-refractivity contribution in [1.82, 2.24) is 5.32 Å². The maximum atomic E-state index is 9.66. The SMILES string of the molecule is COc1ccc(CC(C)NC(C)(CO)C2CC2)cc1OC. The molecule has 1 aromatic rings. The molecule has 0 aliphatic heterocycles. The van der Waals surface area contributed by atoms with E-state index in [0.717, 1.165) is 17.9 Å². The molecule has 4 heteroatoms. The Morgan fingerprint density at radius 1 is 1.29 bits per heavy atom. The molecule has 0 aromatic heterocycles. The molecule has 1 saturated carbocycles. The lowest BCUT2D eigenvalue weighted by Gasteiger charge is -2.32. The van der Waals surface area contributed by atoms with Crippen LogP contribution in [0.1, 0.15) is 32.3 Å². The van der Waals surface area contributed by atoms with Crippen LogP contribution >= 0.6 is 0 Å². The van der Waals surface area contributed by atoms with Crippen molar-refractivity contribution in [3.63, 3.8) is 0 Å². The molecule has 0 bridgehead atoms. The number of hydrogen-bond acceptors (Lipinski definition) is 4. The third-order valence-corrected chi connectivity index (χ3v) is 4.37. The molecule has 1 aliphatic rings. The van der Waals surface area contributed by atoms with Crippen molar-refractivity contribution < 1.29 is 14.6 Å². The summed E-state index contributed by atoms with van der Waals surface area (Å²) in [6, 6.07) is 6.31. The third-order valence-electron chi connectivity index (χ3n) is 4.37. The van der Waals surface area contributed by atoms with Gasteiger partial charge in [-0.3, -0.25) is 0 Å². The predicted molar refractivity (Wildman–Crippen MR) is 84.1 cm³/mol. The molecule has 0 amide bonds. The van der Waals surface area contributed by atoms with Gasteiger partial charge >= 0.3 is 0 Å². The number of methoxy groups -OCH3 is 2. The topological polar surface area (TPSA) is 50.7 Å². The smallest absolute Gasteiger partial charge is 0.160 e. The maximum Gasteiger partial charge on any atom is 0.160 e. The van der Waals surface area contributed by atoms with Crippen LogP contribution < -0.4 is 14.8 Å². The highest BCUT2D eigenvalue weighted by Gasteiger charge is 2.41. The summed E-state index contributed by atoms with van der Waals surface area (Å²) in [5.41, 5.74) is 1.04. The van der Waals surface area contributed by atoms with Gasteiger partial charge in [0, 0.05) is 11.6 Å². The Bertz CT molecular complexity index is 473. The molecule has 2 rings (SSSR count). The van der Waals surface area contributed by atoms with E-state index in [1.165, 1.54) is 18.4 Å². The first-order chi connectivity index (χ1) is 10.0. The molecule has 21 heavy (non-hydrogen) atoms. The number of nitrogens with one attached hydrogen (secondary N) is 1. The van der Waals surface area contributed by atoms with Crippen LogP contribution in [0, 0.1) is 5.92 Å². The molecule has 0 saturated heterocycles. The second-order valence-corrected chi connectivity index (χ2v) is 6.29. The second-order valence-electron chi connectivity index (χ2n) is 6.29. The highest BCUT2D eigenvalue weighted by Crippen LogP contribution is 2.39. The average Bonchev–Trinajstić information content (AvgIpc) is 3.31. The summed E-state index contributed by atoms with van der Waals surface area (Å²) in [5, 5.41) is 13.3. The van der Waals surface area contributed by atoms with Crippen LogP contribution in [0.5, 0.6) is 11.5 Å². The number of aliphatic hydroxyl groups is 1. The van der Waals surface area contributed by atoms with Gasteiger partial charge in [-0.15, -0.1) is 0 Å². The molecule has 0 heterocycles. The van der Waals surface area contributed by atoms with Crippen LogP contribution in [0.15, 0.2) is 18.2 Å². The maximum absolute atomic E-state index is 9.66. The van der Waals surface area contributed by atoms with Crippen LogP contribution in [0.3, 0.4) is 0 Å². The lowest BCUT2D eigenvalue weighted by Crippen LogP contribution is -2.52. The Hall–Kier alpha value is -1.26. The summed E-state index contributed by atoms with van der Waals surface area (Å²) < 4.78 is 10.6. The molecular weight excluding hydrogens is 266 g/mol. The summed E-state index contributed by atoms with van der Waals surface area (Å²) in [4.78, 5) is 0. The van der Waals surface area contributed by atoms with Crippen LogP contribution in [-0.4, -0.2) is 37.5 Å². The molecule has 118 valence electrons. The Morgan fingerprint density at radius 2 is 1.95 bits per heavy atom. The summed E-state index contributed by atoms with van der Waals surface area (Å²) in [5.74, 6) is 2.12. The van der Waals surface area contributed by atoms with E-state index < -0.39 is 0 Å². The first-order valence-corrected chi connectivity index (χ1v) is 7.62. The number of benzene rings is 1. The van der Waals surface area contributed by atoms with Crippen molar-refractivity contribution in [3.8, 4) is 11.5 Å². The normalized spacial score (nSPS) is 18.9. The van der Waals surface area contributed by atoms with E-state index in [2.05, 4.69) is 25.2 Å². The minimum Gasteiger partial charge on any atom is -0.493 e. The number of aliphatic hydroxyl groups excluding tert-OH is 1. The Kier molecular flexibility index (Phi) is 5.12. The molecule has 1 aliphatic carbocycles. The fourth-order valence-corrected chi connectivity index (χ4v) is 2.99. The van der Waals surface area contributed by atoms with Crippen molar-refractivity contribution in [1.29, 1.82) is 0 Å². The first-order valence-electron chi connectivity index (χ1n) is 7.62. The minimum atomic E-state index is -0.157. The Balaban J connectivity index is 2.00. The zero-order valence-electron chi connectivity index (χ0n) is 13.5. The summed E-state index contributed by atoms with van der Waals surface area (Å²) in [6.45, 7) is 4.47. The van der Waals surface area contributed by atoms with Crippen molar-refractivity contribution in [2.45, 2.75) is 44.7 Å². The lowest BCUT2D eigenvalue weighted by atomic mass is 9.94. The van der Waals surface area contributed by atoms with Gasteiger partial charge in [-0.05, 0) is 56.7 Å². The molecule has 2 atom stereocenters. The molecule has 1 aromatic carbocycles. The molecule has 0 radical (unpaired) electrons. The number of rotatable bonds is 8. The van der Waals surface area contributed by atoms with Crippen LogP contribution in [0.4, 0.5) is 0 Å². The molecule has 2 unspecified atom stereocenters. The molecule has 1 fully saturated rings. The van der Waals surface area contributed by atoms with E-state index in [-0.39, 0.29) is 12.1 Å². The highest BCUT2D eigenvalue weighted by atomic mass is 16.5. The summed E-state index contributed by atoms with van der Waals surface area (Å²) >= 11 is 0. The molecule has 0 spiro atoms.